The Morgan fingerprint density at radius 2 is 1.07 bits per heavy atom. The molecule has 11 nitrogen and oxygen atoms in total. The molecule has 4 rings (SSSR count). The summed E-state index contributed by atoms with van der Waals surface area (Å²) in [5, 5.41) is 21.4. The maximum absolute atomic E-state index is 13.8. The molecular formula is C30H30N2O9S2. The monoisotopic (exact) mass is 626 g/mol. The molecule has 43 heavy (non-hydrogen) atoms. The average molecular weight is 627 g/mol. The Labute approximate surface area is 256 Å². The minimum atomic E-state index is -2.46. The van der Waals surface area contributed by atoms with E-state index in [0.717, 1.165) is 22.7 Å². The molecule has 0 N–H and O–H groups in total. The standard InChI is InChI=1S/C30H30N2O9S2/c1-7-37-25(33)19-11-17(15(5)42-19)21-22(18-12-20(43-16(18)6)26(34)38-8-2)24-30(14-32,28(36)40-10-4)29(13-31,23(21)41-24)27(35)39-9-3/h11-12,23-24H,7-10H2,1-6H3/t23-,24+,29-,30-/m0/s1. The molecule has 0 unspecified atom stereocenters. The number of nitrogens with zero attached hydrogens (tertiary/aromatic N) is 2. The van der Waals surface area contributed by atoms with E-state index in [2.05, 4.69) is 0 Å². The SMILES string of the molecule is CCOC(=O)c1cc(C2=C(c3cc(C(=O)OCC)sc3C)[C@@H]3O[C@H]2[C@@](C#N)(C(=O)OCC)[C@]3(C#N)C(=O)OCC)c(C)s1. The van der Waals surface area contributed by atoms with Crippen LogP contribution in [0.4, 0.5) is 0 Å². The number of rotatable bonds is 10. The summed E-state index contributed by atoms with van der Waals surface area (Å²) >= 11 is 2.30. The predicted octanol–water partition coefficient (Wildman–Crippen LogP) is 4.62. The van der Waals surface area contributed by atoms with Gasteiger partial charge in [-0.2, -0.15) is 10.5 Å². The van der Waals surface area contributed by atoms with Crippen LogP contribution in [0.5, 0.6) is 0 Å². The van der Waals surface area contributed by atoms with Crippen molar-refractivity contribution in [2.75, 3.05) is 26.4 Å². The number of aryl methyl sites for hydroxylation is 2. The minimum absolute atomic E-state index is 0.132. The van der Waals surface area contributed by atoms with Crippen molar-refractivity contribution in [2.45, 2.75) is 53.8 Å². The van der Waals surface area contributed by atoms with Crippen molar-refractivity contribution in [2.24, 2.45) is 10.8 Å². The van der Waals surface area contributed by atoms with Crippen molar-refractivity contribution >= 4 is 57.7 Å². The van der Waals surface area contributed by atoms with E-state index in [4.69, 9.17) is 23.7 Å². The Morgan fingerprint density at radius 1 is 0.721 bits per heavy atom. The first-order chi connectivity index (χ1) is 20.5. The highest BCUT2D eigenvalue weighted by Crippen LogP contribution is 2.67. The predicted molar refractivity (Wildman–Crippen MR) is 155 cm³/mol. The molecule has 2 aliphatic heterocycles. The lowest BCUT2D eigenvalue weighted by molar-refractivity contribution is -0.168. The Bertz CT molecular complexity index is 1490. The summed E-state index contributed by atoms with van der Waals surface area (Å²) in [6, 6.07) is 7.07. The minimum Gasteiger partial charge on any atom is -0.465 e. The number of ether oxygens (including phenoxy) is 5. The van der Waals surface area contributed by atoms with Crippen LogP contribution in [-0.4, -0.2) is 62.5 Å². The van der Waals surface area contributed by atoms with Crippen molar-refractivity contribution in [3.63, 3.8) is 0 Å². The van der Waals surface area contributed by atoms with Gasteiger partial charge in [0, 0.05) is 9.75 Å². The molecule has 0 aliphatic carbocycles. The van der Waals surface area contributed by atoms with Gasteiger partial charge in [-0.05, 0) is 75.9 Å². The van der Waals surface area contributed by atoms with E-state index in [9.17, 15) is 29.7 Å². The Kier molecular flexibility index (Phi) is 9.11. The molecule has 0 saturated carbocycles. The van der Waals surface area contributed by atoms with E-state index < -0.39 is 46.9 Å². The van der Waals surface area contributed by atoms with Crippen LogP contribution in [0.25, 0.3) is 11.1 Å². The van der Waals surface area contributed by atoms with Crippen molar-refractivity contribution in [1.29, 1.82) is 10.5 Å². The van der Waals surface area contributed by atoms with Crippen LogP contribution >= 0.6 is 22.7 Å². The van der Waals surface area contributed by atoms with Gasteiger partial charge in [0.2, 0.25) is 10.8 Å². The normalized spacial score (nSPS) is 23.8. The fourth-order valence-electron chi connectivity index (χ4n) is 5.69. The highest BCUT2D eigenvalue weighted by Gasteiger charge is 2.81. The largest absolute Gasteiger partial charge is 0.465 e. The maximum Gasteiger partial charge on any atom is 0.348 e. The summed E-state index contributed by atoms with van der Waals surface area (Å²) < 4.78 is 27.4. The second-order valence-electron chi connectivity index (χ2n) is 9.61. The topological polar surface area (TPSA) is 162 Å². The third kappa shape index (κ3) is 4.63. The van der Waals surface area contributed by atoms with Gasteiger partial charge in [0.25, 0.3) is 0 Å². The summed E-state index contributed by atoms with van der Waals surface area (Å²) in [5.74, 6) is -3.33. The van der Waals surface area contributed by atoms with E-state index >= 15 is 0 Å². The van der Waals surface area contributed by atoms with Gasteiger partial charge in [-0.25, -0.2) is 9.59 Å². The van der Waals surface area contributed by atoms with Gasteiger partial charge in [0.1, 0.15) is 22.0 Å². The van der Waals surface area contributed by atoms with Crippen LogP contribution in [0.3, 0.4) is 0 Å². The number of carbonyl (C=O) groups excluding carboxylic acids is 4. The van der Waals surface area contributed by atoms with Crippen LogP contribution in [0.2, 0.25) is 0 Å². The van der Waals surface area contributed by atoms with Gasteiger partial charge in [-0.3, -0.25) is 9.59 Å². The Morgan fingerprint density at radius 3 is 1.37 bits per heavy atom. The first-order valence-corrected chi connectivity index (χ1v) is 15.3. The van der Waals surface area contributed by atoms with Crippen LogP contribution < -0.4 is 0 Å². The average Bonchev–Trinajstić information content (AvgIpc) is 3.72. The summed E-state index contributed by atoms with van der Waals surface area (Å²) in [4.78, 5) is 54.7. The molecule has 1 saturated heterocycles. The zero-order valence-electron chi connectivity index (χ0n) is 24.5. The summed E-state index contributed by atoms with van der Waals surface area (Å²) in [6.45, 7) is 10.00. The lowest BCUT2D eigenvalue weighted by atomic mass is 9.54. The fraction of sp³-hybridized carbons (Fsp3) is 0.467. The smallest absolute Gasteiger partial charge is 0.348 e. The molecule has 2 bridgehead atoms. The molecule has 226 valence electrons. The quantitative estimate of drug-likeness (QED) is 0.267. The molecule has 0 aromatic carbocycles. The van der Waals surface area contributed by atoms with Crippen molar-refractivity contribution in [1.82, 2.24) is 0 Å². The van der Waals surface area contributed by atoms with Crippen molar-refractivity contribution in [3.8, 4) is 12.1 Å². The van der Waals surface area contributed by atoms with Crippen LogP contribution in [-0.2, 0) is 33.3 Å². The van der Waals surface area contributed by atoms with Crippen molar-refractivity contribution < 1.29 is 42.9 Å². The third-order valence-electron chi connectivity index (χ3n) is 7.41. The van der Waals surface area contributed by atoms with Gasteiger partial charge in [0.05, 0.1) is 38.6 Å². The van der Waals surface area contributed by atoms with E-state index in [-0.39, 0.29) is 36.2 Å². The van der Waals surface area contributed by atoms with E-state index in [1.807, 2.05) is 12.1 Å². The zero-order valence-corrected chi connectivity index (χ0v) is 26.2. The van der Waals surface area contributed by atoms with Gasteiger partial charge >= 0.3 is 23.9 Å². The number of nitriles is 2. The number of thiophene rings is 2. The Hall–Kier alpha value is -4.04. The molecule has 4 heterocycles. The van der Waals surface area contributed by atoms with Crippen molar-refractivity contribution in [3.05, 3.63) is 42.8 Å². The van der Waals surface area contributed by atoms with Gasteiger partial charge in [-0.15, -0.1) is 22.7 Å². The second-order valence-corrected chi connectivity index (χ2v) is 12.1. The molecule has 2 aromatic heterocycles. The molecule has 0 radical (unpaired) electrons. The molecule has 1 fully saturated rings. The lowest BCUT2D eigenvalue weighted by Crippen LogP contribution is -2.59. The second kappa shape index (κ2) is 12.3. The highest BCUT2D eigenvalue weighted by molar-refractivity contribution is 7.14. The first-order valence-electron chi connectivity index (χ1n) is 13.7. The number of carbonyl (C=O) groups is 4. The van der Waals surface area contributed by atoms with Gasteiger partial charge in [-0.1, -0.05) is 0 Å². The van der Waals surface area contributed by atoms with Gasteiger partial charge < -0.3 is 23.7 Å². The lowest BCUT2D eigenvalue weighted by Gasteiger charge is -2.39. The first kappa shape index (κ1) is 31.9. The molecule has 2 aliphatic rings. The summed E-state index contributed by atoms with van der Waals surface area (Å²) in [6.07, 6.45) is -2.93. The molecule has 4 atom stereocenters. The zero-order chi connectivity index (χ0) is 31.7. The van der Waals surface area contributed by atoms with E-state index in [0.29, 0.717) is 32.0 Å². The van der Waals surface area contributed by atoms with Crippen LogP contribution in [0, 0.1) is 47.3 Å². The van der Waals surface area contributed by atoms with Gasteiger partial charge in [0.15, 0.2) is 0 Å². The van der Waals surface area contributed by atoms with E-state index in [1.54, 1.807) is 39.8 Å². The molecule has 2 aromatic rings. The Balaban J connectivity index is 2.12. The molecule has 0 spiro atoms. The van der Waals surface area contributed by atoms with Crippen LogP contribution in [0.15, 0.2) is 12.1 Å². The number of hydrogen-bond acceptors (Lipinski definition) is 13. The molecule has 0 amide bonds. The molecular weight excluding hydrogens is 596 g/mol. The highest BCUT2D eigenvalue weighted by atomic mass is 32.1. The summed E-state index contributed by atoms with van der Waals surface area (Å²) in [7, 11) is 0. The molecule has 13 heteroatoms. The third-order valence-corrected chi connectivity index (χ3v) is 9.47. The fourth-order valence-corrected chi connectivity index (χ4v) is 7.55. The number of hydrogen-bond donors (Lipinski definition) is 0. The van der Waals surface area contributed by atoms with E-state index in [1.165, 1.54) is 13.8 Å². The number of fused-ring (bicyclic) bond motifs is 2. The van der Waals surface area contributed by atoms with Crippen LogP contribution in [0.1, 0.15) is 67.9 Å². The number of esters is 4. The maximum atomic E-state index is 13.8. The summed E-state index contributed by atoms with van der Waals surface area (Å²) in [5.41, 5.74) is -3.32.